The van der Waals surface area contributed by atoms with Gasteiger partial charge in [-0.1, -0.05) is 6.92 Å². The monoisotopic (exact) mass is 234 g/mol. The Morgan fingerprint density at radius 3 is 2.07 bits per heavy atom. The summed E-state index contributed by atoms with van der Waals surface area (Å²) in [6.45, 7) is 2.96. The lowest BCUT2D eigenvalue weighted by Gasteiger charge is -2.22. The molecule has 0 heterocycles. The van der Waals surface area contributed by atoms with Crippen LogP contribution >= 0.6 is 0 Å². The molecule has 0 radical (unpaired) electrons. The zero-order valence-corrected chi connectivity index (χ0v) is 8.59. The van der Waals surface area contributed by atoms with Gasteiger partial charge in [0.05, 0.1) is 6.54 Å². The highest BCUT2D eigenvalue weighted by Gasteiger charge is 2.57. The molecule has 0 spiro atoms. The highest BCUT2D eigenvalue weighted by molar-refractivity contribution is 4.80. The summed E-state index contributed by atoms with van der Waals surface area (Å²) in [6.07, 6.45) is -5.49. The number of nitrogens with one attached hydrogen (secondary N) is 2. The molecule has 1 unspecified atom stereocenters. The van der Waals surface area contributed by atoms with E-state index in [0.29, 0.717) is 13.1 Å². The largest absolute Gasteiger partial charge is 0.454 e. The van der Waals surface area contributed by atoms with Crippen molar-refractivity contribution in [3.63, 3.8) is 0 Å². The second kappa shape index (κ2) is 5.60. The summed E-state index contributed by atoms with van der Waals surface area (Å²) in [6, 6.07) is -0.432. The van der Waals surface area contributed by atoms with E-state index in [1.165, 1.54) is 6.92 Å². The minimum atomic E-state index is -5.49. The van der Waals surface area contributed by atoms with Gasteiger partial charge in [0.1, 0.15) is 0 Å². The van der Waals surface area contributed by atoms with Gasteiger partial charge in [0.2, 0.25) is 0 Å². The van der Waals surface area contributed by atoms with Gasteiger partial charge in [0.15, 0.2) is 0 Å². The van der Waals surface area contributed by atoms with Crippen molar-refractivity contribution in [1.82, 2.24) is 10.6 Å². The molecule has 0 bridgehead atoms. The number of hydrogen-bond acceptors (Lipinski definition) is 2. The van der Waals surface area contributed by atoms with Crippen molar-refractivity contribution in [2.45, 2.75) is 32.0 Å². The molecular formula is C8H15F5N2. The second-order valence-electron chi connectivity index (χ2n) is 3.29. The Labute approximate surface area is 85.2 Å². The SMILES string of the molecule is CCNCC(C)NCC(F)(F)C(F)(F)F. The molecule has 0 aromatic rings. The highest BCUT2D eigenvalue weighted by Crippen LogP contribution is 2.34. The highest BCUT2D eigenvalue weighted by atomic mass is 19.4. The Bertz CT molecular complexity index is 180. The van der Waals surface area contributed by atoms with Gasteiger partial charge in [-0.3, -0.25) is 0 Å². The quantitative estimate of drug-likeness (QED) is 0.684. The average Bonchev–Trinajstić information content (AvgIpc) is 2.09. The molecule has 2 N–H and O–H groups in total. The first-order chi connectivity index (χ1) is 6.70. The number of rotatable bonds is 6. The molecule has 7 heteroatoms. The van der Waals surface area contributed by atoms with E-state index in [1.54, 1.807) is 0 Å². The second-order valence-corrected chi connectivity index (χ2v) is 3.29. The molecule has 0 saturated heterocycles. The molecule has 0 aromatic carbocycles. The summed E-state index contributed by atoms with van der Waals surface area (Å²) < 4.78 is 60.0. The summed E-state index contributed by atoms with van der Waals surface area (Å²) in [5, 5.41) is 4.97. The van der Waals surface area contributed by atoms with Crippen molar-refractivity contribution in [3.05, 3.63) is 0 Å². The van der Waals surface area contributed by atoms with Crippen LogP contribution in [0.25, 0.3) is 0 Å². The molecule has 2 nitrogen and oxygen atoms in total. The van der Waals surface area contributed by atoms with Crippen LogP contribution in [-0.4, -0.2) is 37.8 Å². The van der Waals surface area contributed by atoms with E-state index in [1.807, 2.05) is 6.92 Å². The van der Waals surface area contributed by atoms with E-state index < -0.39 is 24.7 Å². The summed E-state index contributed by atoms with van der Waals surface area (Å²) in [5.74, 6) is -4.67. The Morgan fingerprint density at radius 2 is 1.67 bits per heavy atom. The van der Waals surface area contributed by atoms with Crippen LogP contribution in [0.5, 0.6) is 0 Å². The van der Waals surface area contributed by atoms with Crippen molar-refractivity contribution < 1.29 is 22.0 Å². The lowest BCUT2D eigenvalue weighted by Crippen LogP contribution is -2.49. The number of hydrogen-bond donors (Lipinski definition) is 2. The van der Waals surface area contributed by atoms with Gasteiger partial charge in [0, 0.05) is 12.6 Å². The predicted octanol–water partition coefficient (Wildman–Crippen LogP) is 1.77. The maximum Gasteiger partial charge on any atom is 0.454 e. The van der Waals surface area contributed by atoms with Gasteiger partial charge in [-0.2, -0.15) is 22.0 Å². The number of likely N-dealkylation sites (N-methyl/N-ethyl adjacent to an activating group) is 1. The van der Waals surface area contributed by atoms with Crippen molar-refractivity contribution in [2.24, 2.45) is 0 Å². The Hall–Kier alpha value is -0.430. The minimum Gasteiger partial charge on any atom is -0.315 e. The van der Waals surface area contributed by atoms with Crippen LogP contribution in [0.15, 0.2) is 0 Å². The Balaban J connectivity index is 3.93. The first kappa shape index (κ1) is 14.6. The molecule has 0 saturated carbocycles. The Kier molecular flexibility index (Phi) is 5.44. The van der Waals surface area contributed by atoms with Gasteiger partial charge in [-0.15, -0.1) is 0 Å². The summed E-state index contributed by atoms with van der Waals surface area (Å²) in [7, 11) is 0. The Morgan fingerprint density at radius 1 is 1.13 bits per heavy atom. The fourth-order valence-electron chi connectivity index (χ4n) is 0.836. The van der Waals surface area contributed by atoms with Crippen molar-refractivity contribution in [3.8, 4) is 0 Å². The molecule has 0 aliphatic rings. The fourth-order valence-corrected chi connectivity index (χ4v) is 0.836. The fraction of sp³-hybridized carbons (Fsp3) is 1.00. The standard InChI is InChI=1S/C8H15F5N2/c1-3-14-4-6(2)15-5-7(9,10)8(11,12)13/h6,14-15H,3-5H2,1-2H3. The lowest BCUT2D eigenvalue weighted by molar-refractivity contribution is -0.279. The molecule has 1 atom stereocenters. The van der Waals surface area contributed by atoms with Gasteiger partial charge in [-0.25, -0.2) is 0 Å². The van der Waals surface area contributed by atoms with Crippen molar-refractivity contribution in [1.29, 1.82) is 0 Å². The summed E-state index contributed by atoms with van der Waals surface area (Å²) in [5.41, 5.74) is 0. The lowest BCUT2D eigenvalue weighted by atomic mass is 10.2. The summed E-state index contributed by atoms with van der Waals surface area (Å²) >= 11 is 0. The molecule has 0 fully saturated rings. The molecule has 0 aliphatic carbocycles. The van der Waals surface area contributed by atoms with Crippen LogP contribution in [0.1, 0.15) is 13.8 Å². The van der Waals surface area contributed by atoms with Crippen LogP contribution < -0.4 is 10.6 Å². The van der Waals surface area contributed by atoms with Crippen LogP contribution in [0, 0.1) is 0 Å². The maximum absolute atomic E-state index is 12.4. The molecule has 15 heavy (non-hydrogen) atoms. The van der Waals surface area contributed by atoms with Crippen LogP contribution in [-0.2, 0) is 0 Å². The molecule has 0 rings (SSSR count). The first-order valence-corrected chi connectivity index (χ1v) is 4.59. The maximum atomic E-state index is 12.4. The van der Waals surface area contributed by atoms with Gasteiger partial charge in [0.25, 0.3) is 0 Å². The first-order valence-electron chi connectivity index (χ1n) is 4.59. The predicted molar refractivity (Wildman–Crippen MR) is 47.0 cm³/mol. The van der Waals surface area contributed by atoms with Crippen LogP contribution in [0.4, 0.5) is 22.0 Å². The van der Waals surface area contributed by atoms with Gasteiger partial charge < -0.3 is 10.6 Å². The molecule has 0 aliphatic heterocycles. The van der Waals surface area contributed by atoms with Gasteiger partial charge in [-0.05, 0) is 13.5 Å². The molecule has 92 valence electrons. The minimum absolute atomic E-state index is 0.352. The molecule has 0 aromatic heterocycles. The summed E-state index contributed by atoms with van der Waals surface area (Å²) in [4.78, 5) is 0. The van der Waals surface area contributed by atoms with Crippen LogP contribution in [0.2, 0.25) is 0 Å². The van der Waals surface area contributed by atoms with E-state index in [2.05, 4.69) is 10.6 Å². The number of halogens is 5. The third-order valence-electron chi connectivity index (χ3n) is 1.79. The van der Waals surface area contributed by atoms with E-state index in [-0.39, 0.29) is 0 Å². The third-order valence-corrected chi connectivity index (χ3v) is 1.79. The molecular weight excluding hydrogens is 219 g/mol. The van der Waals surface area contributed by atoms with E-state index in [9.17, 15) is 22.0 Å². The molecule has 0 amide bonds. The van der Waals surface area contributed by atoms with E-state index in [0.717, 1.165) is 0 Å². The smallest absolute Gasteiger partial charge is 0.315 e. The normalized spacial score (nSPS) is 15.4. The zero-order chi connectivity index (χ0) is 12.1. The van der Waals surface area contributed by atoms with E-state index in [4.69, 9.17) is 0 Å². The topological polar surface area (TPSA) is 24.1 Å². The zero-order valence-electron chi connectivity index (χ0n) is 8.59. The van der Waals surface area contributed by atoms with Crippen molar-refractivity contribution in [2.75, 3.05) is 19.6 Å². The third kappa shape index (κ3) is 5.27. The van der Waals surface area contributed by atoms with Crippen molar-refractivity contribution >= 4 is 0 Å². The van der Waals surface area contributed by atoms with Gasteiger partial charge >= 0.3 is 12.1 Å². The number of alkyl halides is 5. The van der Waals surface area contributed by atoms with E-state index >= 15 is 0 Å². The average molecular weight is 234 g/mol. The van der Waals surface area contributed by atoms with Crippen LogP contribution in [0.3, 0.4) is 0 Å².